The summed E-state index contributed by atoms with van der Waals surface area (Å²) in [5.74, 6) is 0.746. The molecular weight excluding hydrogens is 242 g/mol. The molecular formula is C13H19N5O. The molecule has 0 aliphatic carbocycles. The Kier molecular flexibility index (Phi) is 4.11. The fourth-order valence-electron chi connectivity index (χ4n) is 1.64. The summed E-state index contributed by atoms with van der Waals surface area (Å²) in [5.41, 5.74) is 0.794. The van der Waals surface area contributed by atoms with Crippen molar-refractivity contribution >= 4 is 5.69 Å². The van der Waals surface area contributed by atoms with Gasteiger partial charge in [0.1, 0.15) is 12.7 Å². The molecule has 0 saturated carbocycles. The van der Waals surface area contributed by atoms with E-state index >= 15 is 0 Å². The molecule has 2 heterocycles. The summed E-state index contributed by atoms with van der Waals surface area (Å²) in [4.78, 5) is 8.26. The third kappa shape index (κ3) is 3.51. The van der Waals surface area contributed by atoms with Crippen molar-refractivity contribution in [2.24, 2.45) is 0 Å². The van der Waals surface area contributed by atoms with Crippen LogP contribution < -0.4 is 5.32 Å². The third-order valence-electron chi connectivity index (χ3n) is 3.02. The van der Waals surface area contributed by atoms with Crippen LogP contribution in [0.2, 0.25) is 0 Å². The molecule has 2 aromatic rings. The van der Waals surface area contributed by atoms with E-state index in [1.807, 2.05) is 12.1 Å². The van der Waals surface area contributed by atoms with E-state index in [2.05, 4.69) is 34.2 Å². The summed E-state index contributed by atoms with van der Waals surface area (Å²) in [6.45, 7) is 4.93. The smallest absolute Gasteiger partial charge is 0.178 e. The molecule has 0 aliphatic heterocycles. The van der Waals surface area contributed by atoms with Crippen LogP contribution in [0.4, 0.5) is 5.69 Å². The van der Waals surface area contributed by atoms with Gasteiger partial charge in [-0.3, -0.25) is 0 Å². The minimum Gasteiger partial charge on any atom is -0.382 e. The number of methoxy groups -OCH3 is 1. The van der Waals surface area contributed by atoms with Gasteiger partial charge in [-0.1, -0.05) is 0 Å². The third-order valence-corrected chi connectivity index (χ3v) is 3.02. The lowest BCUT2D eigenvalue weighted by Gasteiger charge is -2.23. The molecule has 1 N–H and O–H groups in total. The number of anilines is 1. The second kappa shape index (κ2) is 5.79. The summed E-state index contributed by atoms with van der Waals surface area (Å²) >= 11 is 0. The number of nitrogens with zero attached hydrogens (tertiary/aromatic N) is 4. The zero-order chi connectivity index (χ0) is 13.7. The molecule has 0 amide bonds. The first kappa shape index (κ1) is 13.5. The number of ether oxygens (including phenoxy) is 1. The Morgan fingerprint density at radius 3 is 2.95 bits per heavy atom. The summed E-state index contributed by atoms with van der Waals surface area (Å²) < 4.78 is 7.04. The van der Waals surface area contributed by atoms with Crippen molar-refractivity contribution in [1.82, 2.24) is 19.7 Å². The van der Waals surface area contributed by atoms with E-state index in [1.54, 1.807) is 24.3 Å². The maximum absolute atomic E-state index is 5.39. The molecule has 2 aromatic heterocycles. The first-order valence-electron chi connectivity index (χ1n) is 6.21. The van der Waals surface area contributed by atoms with Gasteiger partial charge in [-0.15, -0.1) is 0 Å². The van der Waals surface area contributed by atoms with E-state index in [0.717, 1.165) is 24.5 Å². The van der Waals surface area contributed by atoms with Crippen LogP contribution in [-0.4, -0.2) is 39.0 Å². The second-order valence-corrected chi connectivity index (χ2v) is 4.86. The zero-order valence-electron chi connectivity index (χ0n) is 11.5. The number of aromatic nitrogens is 4. The van der Waals surface area contributed by atoms with Gasteiger partial charge in [0, 0.05) is 19.9 Å². The quantitative estimate of drug-likeness (QED) is 0.860. The first-order chi connectivity index (χ1) is 9.12. The van der Waals surface area contributed by atoms with Crippen molar-refractivity contribution < 1.29 is 4.74 Å². The molecule has 0 spiro atoms. The molecule has 0 radical (unpaired) electrons. The molecule has 0 aromatic carbocycles. The molecule has 19 heavy (non-hydrogen) atoms. The van der Waals surface area contributed by atoms with Gasteiger partial charge >= 0.3 is 0 Å². The van der Waals surface area contributed by atoms with E-state index in [9.17, 15) is 0 Å². The van der Waals surface area contributed by atoms with E-state index in [0.29, 0.717) is 0 Å². The van der Waals surface area contributed by atoms with E-state index in [-0.39, 0.29) is 5.60 Å². The van der Waals surface area contributed by atoms with Crippen molar-refractivity contribution in [3.63, 3.8) is 0 Å². The molecule has 6 nitrogen and oxygen atoms in total. The van der Waals surface area contributed by atoms with Crippen molar-refractivity contribution in [3.8, 4) is 5.82 Å². The minimum absolute atomic E-state index is 0.136. The van der Waals surface area contributed by atoms with Crippen LogP contribution in [0, 0.1) is 0 Å². The summed E-state index contributed by atoms with van der Waals surface area (Å²) in [6, 6.07) is 3.87. The number of hydrogen-bond donors (Lipinski definition) is 1. The minimum atomic E-state index is -0.136. The van der Waals surface area contributed by atoms with Crippen LogP contribution in [-0.2, 0) is 4.74 Å². The van der Waals surface area contributed by atoms with Gasteiger partial charge in [0.15, 0.2) is 5.82 Å². The molecule has 6 heteroatoms. The first-order valence-corrected chi connectivity index (χ1v) is 6.21. The normalized spacial score (nSPS) is 11.5. The fourth-order valence-corrected chi connectivity index (χ4v) is 1.64. The molecule has 102 valence electrons. The van der Waals surface area contributed by atoms with Crippen molar-refractivity contribution in [1.29, 1.82) is 0 Å². The average Bonchev–Trinajstić information content (AvgIpc) is 2.93. The summed E-state index contributed by atoms with van der Waals surface area (Å²) in [5, 5.41) is 7.46. The summed E-state index contributed by atoms with van der Waals surface area (Å²) in [6.07, 6.45) is 5.76. The van der Waals surface area contributed by atoms with Gasteiger partial charge in [-0.25, -0.2) is 14.6 Å². The molecule has 0 unspecified atom stereocenters. The monoisotopic (exact) mass is 261 g/mol. The van der Waals surface area contributed by atoms with Gasteiger partial charge in [0.2, 0.25) is 0 Å². The topological polar surface area (TPSA) is 64.9 Å². The van der Waals surface area contributed by atoms with E-state index < -0.39 is 0 Å². The molecule has 0 bridgehead atoms. The number of hydrogen-bond acceptors (Lipinski definition) is 5. The molecule has 0 fully saturated rings. The van der Waals surface area contributed by atoms with Crippen molar-refractivity contribution in [2.45, 2.75) is 25.9 Å². The highest BCUT2D eigenvalue weighted by atomic mass is 16.5. The summed E-state index contributed by atoms with van der Waals surface area (Å²) in [7, 11) is 1.73. The Labute approximate surface area is 112 Å². The van der Waals surface area contributed by atoms with Crippen molar-refractivity contribution in [3.05, 3.63) is 31.0 Å². The lowest BCUT2D eigenvalue weighted by atomic mass is 10.1. The maximum Gasteiger partial charge on any atom is 0.178 e. The average molecular weight is 261 g/mol. The molecule has 0 atom stereocenters. The van der Waals surface area contributed by atoms with Gasteiger partial charge in [-0.2, -0.15) is 5.10 Å². The highest BCUT2D eigenvalue weighted by Crippen LogP contribution is 2.18. The van der Waals surface area contributed by atoms with E-state index in [1.165, 1.54) is 6.33 Å². The SMILES string of the molecule is COC(C)(C)CCNc1cccnc1-n1cncn1. The van der Waals surface area contributed by atoms with Crippen LogP contribution in [0.25, 0.3) is 5.82 Å². The maximum atomic E-state index is 5.39. The lowest BCUT2D eigenvalue weighted by Crippen LogP contribution is -2.26. The predicted molar refractivity (Wildman–Crippen MR) is 73.3 cm³/mol. The standard InChI is InChI=1S/C13H19N5O/c1-13(2,19-3)6-8-15-11-5-4-7-16-12(11)18-10-14-9-17-18/h4-5,7,9-10,15H,6,8H2,1-3H3. The highest BCUT2D eigenvalue weighted by Gasteiger charge is 2.15. The van der Waals surface area contributed by atoms with Gasteiger partial charge < -0.3 is 10.1 Å². The van der Waals surface area contributed by atoms with Crippen LogP contribution >= 0.6 is 0 Å². The molecule has 2 rings (SSSR count). The van der Waals surface area contributed by atoms with Crippen LogP contribution in [0.5, 0.6) is 0 Å². The Morgan fingerprint density at radius 2 is 2.26 bits per heavy atom. The second-order valence-electron chi connectivity index (χ2n) is 4.86. The van der Waals surface area contributed by atoms with Crippen molar-refractivity contribution in [2.75, 3.05) is 19.0 Å². The van der Waals surface area contributed by atoms with Gasteiger partial charge in [-0.05, 0) is 32.4 Å². The van der Waals surface area contributed by atoms with Crippen LogP contribution in [0.3, 0.4) is 0 Å². The highest BCUT2D eigenvalue weighted by molar-refractivity contribution is 5.55. The lowest BCUT2D eigenvalue weighted by molar-refractivity contribution is 0.0185. The van der Waals surface area contributed by atoms with E-state index in [4.69, 9.17) is 4.74 Å². The Morgan fingerprint density at radius 1 is 1.42 bits per heavy atom. The molecule has 0 aliphatic rings. The largest absolute Gasteiger partial charge is 0.382 e. The fraction of sp³-hybridized carbons (Fsp3) is 0.462. The Balaban J connectivity index is 2.05. The number of rotatable bonds is 6. The number of pyridine rings is 1. The zero-order valence-corrected chi connectivity index (χ0v) is 11.5. The molecule has 0 saturated heterocycles. The van der Waals surface area contributed by atoms with Gasteiger partial charge in [0.05, 0.1) is 11.3 Å². The van der Waals surface area contributed by atoms with Crippen LogP contribution in [0.15, 0.2) is 31.0 Å². The Bertz CT molecular complexity index is 510. The number of nitrogens with one attached hydrogen (secondary N) is 1. The van der Waals surface area contributed by atoms with Gasteiger partial charge in [0.25, 0.3) is 0 Å². The predicted octanol–water partition coefficient (Wildman–Crippen LogP) is 1.89. The Hall–Kier alpha value is -1.95. The van der Waals surface area contributed by atoms with Crippen LogP contribution in [0.1, 0.15) is 20.3 Å².